The van der Waals surface area contributed by atoms with E-state index in [9.17, 15) is 4.79 Å². The number of anilines is 2. The van der Waals surface area contributed by atoms with E-state index in [-0.39, 0.29) is 5.91 Å². The number of thiazole rings is 1. The number of halogens is 1. The van der Waals surface area contributed by atoms with E-state index in [0.29, 0.717) is 33.5 Å². The molecule has 8 heteroatoms. The third kappa shape index (κ3) is 3.43. The molecule has 0 bridgehead atoms. The average molecular weight is 363 g/mol. The minimum atomic E-state index is -0.227. The van der Waals surface area contributed by atoms with Crippen molar-refractivity contribution in [3.05, 3.63) is 47.0 Å². The third-order valence-corrected chi connectivity index (χ3v) is 4.48. The minimum absolute atomic E-state index is 0.227. The Morgan fingerprint density at radius 2 is 2.08 bits per heavy atom. The highest BCUT2D eigenvalue weighted by Crippen LogP contribution is 2.33. The maximum absolute atomic E-state index is 12.4. The number of fused-ring (bicyclic) bond motifs is 1. The van der Waals surface area contributed by atoms with Gasteiger partial charge in [0.05, 0.1) is 16.3 Å². The van der Waals surface area contributed by atoms with E-state index in [1.54, 1.807) is 30.3 Å². The molecule has 0 radical (unpaired) electrons. The Balaban J connectivity index is 1.82. The molecular weight excluding hydrogens is 348 g/mol. The normalized spacial score (nSPS) is 10.6. The van der Waals surface area contributed by atoms with Gasteiger partial charge in [-0.25, -0.2) is 10.8 Å². The van der Waals surface area contributed by atoms with Crippen LogP contribution in [-0.2, 0) is 0 Å². The van der Waals surface area contributed by atoms with E-state index in [1.807, 2.05) is 13.0 Å². The van der Waals surface area contributed by atoms with E-state index in [0.717, 1.165) is 10.4 Å². The molecule has 1 aromatic heterocycles. The van der Waals surface area contributed by atoms with Crippen LogP contribution in [0.15, 0.2) is 36.4 Å². The first-order valence-corrected chi connectivity index (χ1v) is 8.41. The summed E-state index contributed by atoms with van der Waals surface area (Å²) in [5, 5.41) is 3.84. The highest BCUT2D eigenvalue weighted by atomic mass is 35.5. The van der Waals surface area contributed by atoms with Crippen LogP contribution in [0.2, 0.25) is 5.02 Å². The molecule has 1 amide bonds. The van der Waals surface area contributed by atoms with E-state index in [1.165, 1.54) is 11.3 Å². The molecule has 0 saturated carbocycles. The van der Waals surface area contributed by atoms with Gasteiger partial charge < -0.3 is 10.1 Å². The zero-order chi connectivity index (χ0) is 17.1. The first-order chi connectivity index (χ1) is 11.6. The van der Waals surface area contributed by atoms with Gasteiger partial charge in [-0.05, 0) is 43.3 Å². The lowest BCUT2D eigenvalue weighted by atomic mass is 10.2. The summed E-state index contributed by atoms with van der Waals surface area (Å²) in [6.45, 7) is 2.49. The number of benzene rings is 2. The number of hydrazine groups is 1. The van der Waals surface area contributed by atoms with Crippen molar-refractivity contribution < 1.29 is 9.53 Å². The van der Waals surface area contributed by atoms with Crippen LogP contribution in [0, 0.1) is 0 Å². The highest BCUT2D eigenvalue weighted by molar-refractivity contribution is 7.22. The van der Waals surface area contributed by atoms with Crippen LogP contribution in [0.25, 0.3) is 10.2 Å². The van der Waals surface area contributed by atoms with E-state index in [4.69, 9.17) is 22.2 Å². The monoisotopic (exact) mass is 362 g/mol. The van der Waals surface area contributed by atoms with Gasteiger partial charge in [-0.1, -0.05) is 22.9 Å². The predicted molar refractivity (Wildman–Crippen MR) is 98.0 cm³/mol. The molecule has 4 N–H and O–H groups in total. The fourth-order valence-corrected chi connectivity index (χ4v) is 3.35. The van der Waals surface area contributed by atoms with E-state index >= 15 is 0 Å². The lowest BCUT2D eigenvalue weighted by Gasteiger charge is -2.07. The van der Waals surface area contributed by atoms with Crippen molar-refractivity contribution in [2.24, 2.45) is 5.84 Å². The van der Waals surface area contributed by atoms with Crippen molar-refractivity contribution >= 4 is 49.9 Å². The summed E-state index contributed by atoms with van der Waals surface area (Å²) in [4.78, 5) is 16.6. The fraction of sp³-hybridized carbons (Fsp3) is 0.125. The molecule has 0 atom stereocenters. The van der Waals surface area contributed by atoms with E-state index < -0.39 is 0 Å². The molecule has 0 aliphatic rings. The number of amides is 1. The largest absolute Gasteiger partial charge is 0.494 e. The van der Waals surface area contributed by atoms with Crippen molar-refractivity contribution in [2.45, 2.75) is 6.92 Å². The molecule has 0 saturated heterocycles. The van der Waals surface area contributed by atoms with Crippen LogP contribution < -0.4 is 21.3 Å². The minimum Gasteiger partial charge on any atom is -0.494 e. The second kappa shape index (κ2) is 7.04. The molecule has 124 valence electrons. The zero-order valence-corrected chi connectivity index (χ0v) is 14.4. The molecule has 2 aromatic carbocycles. The van der Waals surface area contributed by atoms with Crippen LogP contribution >= 0.6 is 22.9 Å². The van der Waals surface area contributed by atoms with Gasteiger partial charge >= 0.3 is 0 Å². The Morgan fingerprint density at radius 3 is 2.75 bits per heavy atom. The van der Waals surface area contributed by atoms with Crippen LogP contribution in [0.3, 0.4) is 0 Å². The van der Waals surface area contributed by atoms with Crippen LogP contribution in [0.4, 0.5) is 10.8 Å². The number of ether oxygens (including phenoxy) is 1. The standard InChI is InChI=1S/C16H15ClN4O2S/c1-2-23-11-5-3-9(4-6-11)15(22)19-10-7-12(17)14-13(8-10)24-16(20-14)21-18/h3-8H,2,18H2,1H3,(H,19,22)(H,20,21). The van der Waals surface area contributed by atoms with Gasteiger partial charge in [-0.15, -0.1) is 0 Å². The van der Waals surface area contributed by atoms with Gasteiger partial charge in [0.1, 0.15) is 11.3 Å². The van der Waals surface area contributed by atoms with Gasteiger partial charge in [0.15, 0.2) is 5.13 Å². The molecule has 0 aliphatic heterocycles. The Kier molecular flexibility index (Phi) is 4.84. The number of hydrogen-bond donors (Lipinski definition) is 3. The summed E-state index contributed by atoms with van der Waals surface area (Å²) >= 11 is 7.58. The van der Waals surface area contributed by atoms with Gasteiger partial charge in [0.25, 0.3) is 5.91 Å². The number of hydrogen-bond acceptors (Lipinski definition) is 6. The molecule has 3 rings (SSSR count). The van der Waals surface area contributed by atoms with Crippen LogP contribution in [-0.4, -0.2) is 17.5 Å². The number of nitrogens with two attached hydrogens (primary N) is 1. The fourth-order valence-electron chi connectivity index (χ4n) is 2.20. The van der Waals surface area contributed by atoms with Crippen molar-refractivity contribution in [3.8, 4) is 5.75 Å². The Morgan fingerprint density at radius 1 is 1.33 bits per heavy atom. The smallest absolute Gasteiger partial charge is 0.255 e. The van der Waals surface area contributed by atoms with Gasteiger partial charge in [0, 0.05) is 11.3 Å². The number of rotatable bonds is 5. The van der Waals surface area contributed by atoms with Crippen molar-refractivity contribution in [1.29, 1.82) is 0 Å². The maximum Gasteiger partial charge on any atom is 0.255 e. The number of nitrogens with one attached hydrogen (secondary N) is 2. The number of carbonyl (C=O) groups is 1. The SMILES string of the molecule is CCOc1ccc(C(=O)Nc2cc(Cl)c3nc(NN)sc3c2)cc1. The predicted octanol–water partition coefficient (Wildman–Crippen LogP) is 3.89. The number of nitrogens with zero attached hydrogens (tertiary/aromatic N) is 1. The topological polar surface area (TPSA) is 89.3 Å². The Hall–Kier alpha value is -2.35. The van der Waals surface area contributed by atoms with Crippen molar-refractivity contribution in [2.75, 3.05) is 17.3 Å². The first-order valence-electron chi connectivity index (χ1n) is 7.21. The third-order valence-electron chi connectivity index (χ3n) is 3.26. The number of carbonyl (C=O) groups excluding carboxylic acids is 1. The zero-order valence-electron chi connectivity index (χ0n) is 12.8. The molecule has 0 aliphatic carbocycles. The Labute approximate surface area is 147 Å². The molecular formula is C16H15ClN4O2S. The summed E-state index contributed by atoms with van der Waals surface area (Å²) in [6, 6.07) is 10.4. The summed E-state index contributed by atoms with van der Waals surface area (Å²) in [5.41, 5.74) is 4.27. The Bertz CT molecular complexity index is 880. The van der Waals surface area contributed by atoms with Crippen molar-refractivity contribution in [1.82, 2.24) is 4.98 Å². The molecule has 1 heterocycles. The lowest BCUT2D eigenvalue weighted by Crippen LogP contribution is -2.11. The average Bonchev–Trinajstić information content (AvgIpc) is 2.99. The van der Waals surface area contributed by atoms with E-state index in [2.05, 4.69) is 15.7 Å². The number of nitrogen functional groups attached to an aromatic ring is 1. The number of aromatic nitrogens is 1. The molecule has 3 aromatic rings. The second-order valence-electron chi connectivity index (χ2n) is 4.88. The van der Waals surface area contributed by atoms with Gasteiger partial charge in [0.2, 0.25) is 0 Å². The van der Waals surface area contributed by atoms with Gasteiger partial charge in [-0.2, -0.15) is 0 Å². The molecule has 0 spiro atoms. The summed E-state index contributed by atoms with van der Waals surface area (Å²) in [6.07, 6.45) is 0. The molecule has 24 heavy (non-hydrogen) atoms. The van der Waals surface area contributed by atoms with Crippen LogP contribution in [0.1, 0.15) is 17.3 Å². The maximum atomic E-state index is 12.4. The second-order valence-corrected chi connectivity index (χ2v) is 6.32. The highest BCUT2D eigenvalue weighted by Gasteiger charge is 2.11. The lowest BCUT2D eigenvalue weighted by molar-refractivity contribution is 0.102. The van der Waals surface area contributed by atoms with Gasteiger partial charge in [-0.3, -0.25) is 10.2 Å². The summed E-state index contributed by atoms with van der Waals surface area (Å²) < 4.78 is 6.20. The first kappa shape index (κ1) is 16.5. The summed E-state index contributed by atoms with van der Waals surface area (Å²) in [5.74, 6) is 5.87. The quantitative estimate of drug-likeness (QED) is 0.473. The molecule has 0 fully saturated rings. The summed E-state index contributed by atoms with van der Waals surface area (Å²) in [7, 11) is 0. The molecule has 0 unspecified atom stereocenters. The van der Waals surface area contributed by atoms with Crippen molar-refractivity contribution in [3.63, 3.8) is 0 Å². The molecule has 6 nitrogen and oxygen atoms in total. The van der Waals surface area contributed by atoms with Crippen LogP contribution in [0.5, 0.6) is 5.75 Å².